The van der Waals surface area contributed by atoms with Gasteiger partial charge in [-0.15, -0.1) is 0 Å². The third-order valence-corrected chi connectivity index (χ3v) is 3.61. The fraction of sp³-hybridized carbons (Fsp3) is 0.692. The van der Waals surface area contributed by atoms with E-state index < -0.39 is 0 Å². The molecule has 2 aliphatic rings. The summed E-state index contributed by atoms with van der Waals surface area (Å²) in [6.45, 7) is 10.5. The van der Waals surface area contributed by atoms with E-state index in [4.69, 9.17) is 4.74 Å². The van der Waals surface area contributed by atoms with Gasteiger partial charge in [-0.1, -0.05) is 20.8 Å². The summed E-state index contributed by atoms with van der Waals surface area (Å²) in [7, 11) is 0. The Bertz CT molecular complexity index is 427. The Hall–Kier alpha value is -1.16. The third kappa shape index (κ3) is 1.80. The van der Waals surface area contributed by atoms with Crippen molar-refractivity contribution in [2.45, 2.75) is 26.2 Å². The molecule has 2 fully saturated rings. The van der Waals surface area contributed by atoms with Crippen LogP contribution in [-0.2, 0) is 10.2 Å². The molecule has 0 aromatic carbocycles. The molecule has 2 aliphatic heterocycles. The molecular weight excluding hydrogens is 214 g/mol. The highest BCUT2D eigenvalue weighted by Crippen LogP contribution is 2.39. The van der Waals surface area contributed by atoms with Gasteiger partial charge < -0.3 is 9.64 Å². The highest BCUT2D eigenvalue weighted by atomic mass is 16.5. The molecule has 0 saturated carbocycles. The van der Waals surface area contributed by atoms with Gasteiger partial charge in [0.25, 0.3) is 0 Å². The molecule has 3 heterocycles. The molecule has 1 spiro atoms. The van der Waals surface area contributed by atoms with Crippen molar-refractivity contribution >= 4 is 5.82 Å². The molecule has 4 heteroatoms. The average molecular weight is 233 g/mol. The van der Waals surface area contributed by atoms with Gasteiger partial charge in [-0.25, -0.2) is 9.97 Å². The van der Waals surface area contributed by atoms with E-state index >= 15 is 0 Å². The number of hydrogen-bond donors (Lipinski definition) is 0. The quantitative estimate of drug-likeness (QED) is 0.738. The first kappa shape index (κ1) is 11.0. The summed E-state index contributed by atoms with van der Waals surface area (Å²) in [4.78, 5) is 11.1. The molecule has 3 rings (SSSR count). The Morgan fingerprint density at radius 3 is 2.47 bits per heavy atom. The second-order valence-electron chi connectivity index (χ2n) is 6.36. The molecule has 0 radical (unpaired) electrons. The van der Waals surface area contributed by atoms with Gasteiger partial charge in [-0.3, -0.25) is 0 Å². The van der Waals surface area contributed by atoms with Crippen molar-refractivity contribution in [1.82, 2.24) is 9.97 Å². The molecular formula is C13H19N3O. The zero-order valence-electron chi connectivity index (χ0n) is 10.7. The van der Waals surface area contributed by atoms with Crippen molar-refractivity contribution in [2.75, 3.05) is 31.2 Å². The average Bonchev–Trinajstić information content (AvgIpc) is 2.12. The second-order valence-corrected chi connectivity index (χ2v) is 6.36. The maximum absolute atomic E-state index is 5.28. The van der Waals surface area contributed by atoms with Gasteiger partial charge in [-0.05, 0) is 0 Å². The molecule has 0 N–H and O–H groups in total. The van der Waals surface area contributed by atoms with Crippen LogP contribution in [0.5, 0.6) is 0 Å². The Labute approximate surface area is 102 Å². The lowest BCUT2D eigenvalue weighted by Crippen LogP contribution is -2.66. The van der Waals surface area contributed by atoms with Crippen LogP contribution in [-0.4, -0.2) is 36.3 Å². The fourth-order valence-corrected chi connectivity index (χ4v) is 2.43. The maximum Gasteiger partial charge on any atom is 0.132 e. The molecule has 92 valence electrons. The van der Waals surface area contributed by atoms with E-state index in [0.29, 0.717) is 5.41 Å². The first-order valence-electron chi connectivity index (χ1n) is 6.14. The maximum atomic E-state index is 5.28. The number of nitrogens with zero attached hydrogens (tertiary/aromatic N) is 3. The zero-order valence-corrected chi connectivity index (χ0v) is 10.7. The highest BCUT2D eigenvalue weighted by Gasteiger charge is 2.49. The largest absolute Gasteiger partial charge is 0.380 e. The van der Waals surface area contributed by atoms with Crippen LogP contribution in [0.15, 0.2) is 12.4 Å². The lowest BCUT2D eigenvalue weighted by Gasteiger charge is -2.55. The smallest absolute Gasteiger partial charge is 0.132 e. The van der Waals surface area contributed by atoms with Gasteiger partial charge in [-0.2, -0.15) is 0 Å². The molecule has 0 bridgehead atoms. The van der Waals surface area contributed by atoms with Crippen LogP contribution in [0.25, 0.3) is 0 Å². The van der Waals surface area contributed by atoms with Crippen molar-refractivity contribution in [1.29, 1.82) is 0 Å². The minimum absolute atomic E-state index is 0.0832. The summed E-state index contributed by atoms with van der Waals surface area (Å²) >= 11 is 0. The monoisotopic (exact) mass is 233 g/mol. The molecule has 0 aliphatic carbocycles. The van der Waals surface area contributed by atoms with Crippen molar-refractivity contribution in [3.05, 3.63) is 18.1 Å². The number of rotatable bonds is 1. The van der Waals surface area contributed by atoms with Crippen LogP contribution in [0.3, 0.4) is 0 Å². The van der Waals surface area contributed by atoms with E-state index in [2.05, 4.69) is 41.7 Å². The standard InChI is InChI=1S/C13H19N3O/c1-12(2,3)10-4-11(15-9-14-10)16-5-13(6-16)7-17-8-13/h4,9H,5-8H2,1-3H3. The number of aromatic nitrogens is 2. The predicted octanol–water partition coefficient (Wildman–Crippen LogP) is 1.61. The number of hydrogen-bond acceptors (Lipinski definition) is 4. The second kappa shape index (κ2) is 3.42. The van der Waals surface area contributed by atoms with Gasteiger partial charge in [0.2, 0.25) is 0 Å². The van der Waals surface area contributed by atoms with Crippen LogP contribution in [0.1, 0.15) is 26.5 Å². The first-order chi connectivity index (χ1) is 7.99. The van der Waals surface area contributed by atoms with Gasteiger partial charge in [0.05, 0.1) is 24.3 Å². The Morgan fingerprint density at radius 2 is 1.94 bits per heavy atom. The molecule has 1 aromatic rings. The lowest BCUT2D eigenvalue weighted by atomic mass is 9.78. The summed E-state index contributed by atoms with van der Waals surface area (Å²) in [5.41, 5.74) is 1.63. The molecule has 17 heavy (non-hydrogen) atoms. The first-order valence-corrected chi connectivity index (χ1v) is 6.14. The minimum Gasteiger partial charge on any atom is -0.380 e. The highest BCUT2D eigenvalue weighted by molar-refractivity contribution is 5.45. The van der Waals surface area contributed by atoms with Gasteiger partial charge in [0, 0.05) is 24.6 Å². The van der Waals surface area contributed by atoms with E-state index in [9.17, 15) is 0 Å². The topological polar surface area (TPSA) is 38.2 Å². The molecule has 0 unspecified atom stereocenters. The molecule has 0 atom stereocenters. The van der Waals surface area contributed by atoms with Gasteiger partial charge in [0.15, 0.2) is 0 Å². The van der Waals surface area contributed by atoms with Gasteiger partial charge >= 0.3 is 0 Å². The van der Waals surface area contributed by atoms with E-state index in [1.165, 1.54) is 0 Å². The Morgan fingerprint density at radius 1 is 1.24 bits per heavy atom. The molecule has 4 nitrogen and oxygen atoms in total. The zero-order chi connectivity index (χ0) is 12.1. The predicted molar refractivity (Wildman–Crippen MR) is 66.2 cm³/mol. The Kier molecular flexibility index (Phi) is 2.20. The van der Waals surface area contributed by atoms with Gasteiger partial charge in [0.1, 0.15) is 12.1 Å². The van der Waals surface area contributed by atoms with Crippen LogP contribution < -0.4 is 4.90 Å². The fourth-order valence-electron chi connectivity index (χ4n) is 2.43. The van der Waals surface area contributed by atoms with Crippen LogP contribution >= 0.6 is 0 Å². The Balaban J connectivity index is 1.76. The van der Waals surface area contributed by atoms with Crippen molar-refractivity contribution in [3.63, 3.8) is 0 Å². The summed E-state index contributed by atoms with van der Waals surface area (Å²) in [6.07, 6.45) is 1.68. The summed E-state index contributed by atoms with van der Waals surface area (Å²) in [5.74, 6) is 1.06. The van der Waals surface area contributed by atoms with Crippen molar-refractivity contribution < 1.29 is 4.74 Å². The molecule has 1 aromatic heterocycles. The van der Waals surface area contributed by atoms with Crippen LogP contribution in [0.2, 0.25) is 0 Å². The third-order valence-electron chi connectivity index (χ3n) is 3.61. The SMILES string of the molecule is CC(C)(C)c1cc(N2CC3(COC3)C2)ncn1. The van der Waals surface area contributed by atoms with E-state index in [1.807, 2.05) is 0 Å². The summed E-state index contributed by atoms with van der Waals surface area (Å²) in [5, 5.41) is 0. The van der Waals surface area contributed by atoms with Crippen molar-refractivity contribution in [2.24, 2.45) is 5.41 Å². The lowest BCUT2D eigenvalue weighted by molar-refractivity contribution is -0.127. The number of ether oxygens (including phenoxy) is 1. The van der Waals surface area contributed by atoms with Crippen molar-refractivity contribution in [3.8, 4) is 0 Å². The van der Waals surface area contributed by atoms with E-state index in [1.54, 1.807) is 6.33 Å². The molecule has 0 amide bonds. The number of anilines is 1. The van der Waals surface area contributed by atoms with Crippen LogP contribution in [0, 0.1) is 5.41 Å². The molecule has 2 saturated heterocycles. The van der Waals surface area contributed by atoms with E-state index in [0.717, 1.165) is 37.8 Å². The van der Waals surface area contributed by atoms with Crippen LogP contribution in [0.4, 0.5) is 5.82 Å². The minimum atomic E-state index is 0.0832. The summed E-state index contributed by atoms with van der Waals surface area (Å²) in [6, 6.07) is 2.12. The summed E-state index contributed by atoms with van der Waals surface area (Å²) < 4.78 is 5.28. The van der Waals surface area contributed by atoms with E-state index in [-0.39, 0.29) is 5.41 Å². The normalized spacial score (nSPS) is 22.2.